The molecule has 1 amide bonds. The normalized spacial score (nSPS) is 33.7. The van der Waals surface area contributed by atoms with Crippen molar-refractivity contribution in [3.63, 3.8) is 0 Å². The molecular formula is C13H18N2O5. The van der Waals surface area contributed by atoms with Gasteiger partial charge in [0, 0.05) is 12.4 Å². The molecule has 0 aromatic carbocycles. The molecule has 1 aromatic rings. The van der Waals surface area contributed by atoms with Gasteiger partial charge in [0.25, 0.3) is 5.91 Å². The van der Waals surface area contributed by atoms with E-state index in [0.29, 0.717) is 5.56 Å². The van der Waals surface area contributed by atoms with E-state index < -0.39 is 43.0 Å². The van der Waals surface area contributed by atoms with Gasteiger partial charge < -0.3 is 25.4 Å². The Morgan fingerprint density at radius 1 is 1.45 bits per heavy atom. The summed E-state index contributed by atoms with van der Waals surface area (Å²) in [6, 6.07) is 2.46. The first-order valence-electron chi connectivity index (χ1n) is 6.38. The van der Waals surface area contributed by atoms with Crippen LogP contribution in [0.2, 0.25) is 0 Å². The van der Waals surface area contributed by atoms with E-state index >= 15 is 0 Å². The van der Waals surface area contributed by atoms with Crippen LogP contribution in [0.25, 0.3) is 0 Å². The molecule has 5 atom stereocenters. The van der Waals surface area contributed by atoms with Crippen molar-refractivity contribution in [2.75, 3.05) is 6.61 Å². The average Bonchev–Trinajstić information content (AvgIpc) is 2.48. The summed E-state index contributed by atoms with van der Waals surface area (Å²) in [5.41, 5.74) is 0.352. The first-order chi connectivity index (χ1) is 9.54. The molecule has 7 heteroatoms. The third-order valence-electron chi connectivity index (χ3n) is 3.40. The van der Waals surface area contributed by atoms with Gasteiger partial charge in [0.1, 0.15) is 18.3 Å². The second kappa shape index (κ2) is 6.27. The van der Waals surface area contributed by atoms with Crippen LogP contribution in [-0.4, -0.2) is 63.3 Å². The molecule has 1 fully saturated rings. The van der Waals surface area contributed by atoms with E-state index in [1.165, 1.54) is 6.20 Å². The van der Waals surface area contributed by atoms with E-state index in [2.05, 4.69) is 10.3 Å². The second-order valence-corrected chi connectivity index (χ2v) is 4.78. The molecule has 2 heterocycles. The van der Waals surface area contributed by atoms with Gasteiger partial charge >= 0.3 is 0 Å². The smallest absolute Gasteiger partial charge is 0.253 e. The van der Waals surface area contributed by atoms with Crippen molar-refractivity contribution in [1.82, 2.24) is 10.3 Å². The third kappa shape index (κ3) is 2.96. The molecule has 2 rings (SSSR count). The summed E-state index contributed by atoms with van der Waals surface area (Å²) in [6.45, 7) is 1.26. The summed E-state index contributed by atoms with van der Waals surface area (Å²) in [7, 11) is 0. The van der Waals surface area contributed by atoms with E-state index in [4.69, 9.17) is 9.84 Å². The summed E-state index contributed by atoms with van der Waals surface area (Å²) in [5.74, 6) is -0.410. The van der Waals surface area contributed by atoms with Crippen LogP contribution in [0, 0.1) is 0 Å². The van der Waals surface area contributed by atoms with E-state index in [-0.39, 0.29) is 0 Å². The Kier molecular flexibility index (Phi) is 4.66. The standard InChI is InChI=1S/C13H18N2O5/c1-7-10(12(18)11(17)9(6-16)20-7)15-13(19)8-3-2-4-14-5-8/h2-5,7,9-12,16-18H,6H2,1H3,(H,15,19)/t7-,9?,10?,11+,12-/m1/s1. The molecule has 1 saturated heterocycles. The van der Waals surface area contributed by atoms with Crippen LogP contribution in [0.15, 0.2) is 24.5 Å². The highest BCUT2D eigenvalue weighted by Crippen LogP contribution is 2.21. The van der Waals surface area contributed by atoms with Crippen LogP contribution in [0.5, 0.6) is 0 Å². The van der Waals surface area contributed by atoms with E-state index in [9.17, 15) is 15.0 Å². The SMILES string of the molecule is C[C@H]1OC(CO)[C@H](O)[C@H](O)C1NC(=O)c1cccnc1. The molecule has 1 aliphatic rings. The van der Waals surface area contributed by atoms with Crippen molar-refractivity contribution in [3.05, 3.63) is 30.1 Å². The zero-order valence-corrected chi connectivity index (χ0v) is 11.0. The Morgan fingerprint density at radius 2 is 2.20 bits per heavy atom. The van der Waals surface area contributed by atoms with Crippen molar-refractivity contribution >= 4 is 5.91 Å². The maximum Gasteiger partial charge on any atom is 0.253 e. The number of hydrogen-bond acceptors (Lipinski definition) is 6. The lowest BCUT2D eigenvalue weighted by Crippen LogP contribution is -2.63. The summed E-state index contributed by atoms with van der Waals surface area (Å²) >= 11 is 0. The largest absolute Gasteiger partial charge is 0.394 e. The minimum Gasteiger partial charge on any atom is -0.394 e. The summed E-state index contributed by atoms with van der Waals surface area (Å²) in [6.07, 6.45) is -0.902. The molecule has 110 valence electrons. The predicted octanol–water partition coefficient (Wildman–Crippen LogP) is -1.32. The highest BCUT2D eigenvalue weighted by molar-refractivity contribution is 5.94. The lowest BCUT2D eigenvalue weighted by atomic mass is 9.93. The Morgan fingerprint density at radius 3 is 2.80 bits per heavy atom. The number of amides is 1. The Labute approximate surface area is 116 Å². The van der Waals surface area contributed by atoms with Crippen LogP contribution >= 0.6 is 0 Å². The zero-order chi connectivity index (χ0) is 14.7. The molecule has 2 unspecified atom stereocenters. The number of aromatic nitrogens is 1. The lowest BCUT2D eigenvalue weighted by Gasteiger charge is -2.41. The molecule has 0 radical (unpaired) electrons. The fourth-order valence-electron chi connectivity index (χ4n) is 2.24. The van der Waals surface area contributed by atoms with Crippen molar-refractivity contribution < 1.29 is 24.9 Å². The number of hydrogen-bond donors (Lipinski definition) is 4. The van der Waals surface area contributed by atoms with Gasteiger partial charge in [0.05, 0.1) is 24.3 Å². The van der Waals surface area contributed by atoms with Crippen molar-refractivity contribution in [1.29, 1.82) is 0 Å². The number of aliphatic hydroxyl groups excluding tert-OH is 3. The van der Waals surface area contributed by atoms with Crippen LogP contribution in [-0.2, 0) is 4.74 Å². The van der Waals surface area contributed by atoms with E-state index in [1.54, 1.807) is 25.3 Å². The first-order valence-corrected chi connectivity index (χ1v) is 6.38. The zero-order valence-electron chi connectivity index (χ0n) is 11.0. The van der Waals surface area contributed by atoms with Crippen LogP contribution in [0.3, 0.4) is 0 Å². The number of nitrogens with one attached hydrogen (secondary N) is 1. The molecule has 0 aliphatic carbocycles. The summed E-state index contributed by atoms with van der Waals surface area (Å²) in [4.78, 5) is 15.9. The molecule has 4 N–H and O–H groups in total. The van der Waals surface area contributed by atoms with Gasteiger partial charge in [-0.2, -0.15) is 0 Å². The van der Waals surface area contributed by atoms with Gasteiger partial charge in [-0.15, -0.1) is 0 Å². The number of rotatable bonds is 3. The molecule has 7 nitrogen and oxygen atoms in total. The Balaban J connectivity index is 2.07. The third-order valence-corrected chi connectivity index (χ3v) is 3.40. The topological polar surface area (TPSA) is 112 Å². The van der Waals surface area contributed by atoms with Gasteiger partial charge in [-0.1, -0.05) is 0 Å². The van der Waals surface area contributed by atoms with Crippen LogP contribution < -0.4 is 5.32 Å². The fraction of sp³-hybridized carbons (Fsp3) is 0.538. The van der Waals surface area contributed by atoms with Gasteiger partial charge in [-0.25, -0.2) is 0 Å². The van der Waals surface area contributed by atoms with Gasteiger partial charge in [-0.3, -0.25) is 9.78 Å². The minimum atomic E-state index is -1.25. The van der Waals surface area contributed by atoms with Gasteiger partial charge in [0.15, 0.2) is 0 Å². The first kappa shape index (κ1) is 14.9. The van der Waals surface area contributed by atoms with E-state index in [0.717, 1.165) is 0 Å². The second-order valence-electron chi connectivity index (χ2n) is 4.78. The molecule has 0 bridgehead atoms. The number of carbonyl (C=O) groups excluding carboxylic acids is 1. The maximum atomic E-state index is 12.0. The fourth-order valence-corrected chi connectivity index (χ4v) is 2.24. The molecule has 0 saturated carbocycles. The monoisotopic (exact) mass is 282 g/mol. The number of aliphatic hydroxyl groups is 3. The van der Waals surface area contributed by atoms with Gasteiger partial charge in [-0.05, 0) is 19.1 Å². The average molecular weight is 282 g/mol. The highest BCUT2D eigenvalue weighted by Gasteiger charge is 2.42. The predicted molar refractivity (Wildman–Crippen MR) is 68.9 cm³/mol. The minimum absolute atomic E-state index is 0.352. The quantitative estimate of drug-likeness (QED) is 0.547. The molecule has 1 aromatic heterocycles. The molecule has 20 heavy (non-hydrogen) atoms. The van der Waals surface area contributed by atoms with Crippen molar-refractivity contribution in [2.45, 2.75) is 37.4 Å². The van der Waals surface area contributed by atoms with Crippen LogP contribution in [0.1, 0.15) is 17.3 Å². The van der Waals surface area contributed by atoms with Crippen molar-refractivity contribution in [3.8, 4) is 0 Å². The Bertz CT molecular complexity index is 455. The Hall–Kier alpha value is -1.54. The maximum absolute atomic E-state index is 12.0. The highest BCUT2D eigenvalue weighted by atomic mass is 16.5. The molecule has 0 spiro atoms. The lowest BCUT2D eigenvalue weighted by molar-refractivity contribution is -0.187. The van der Waals surface area contributed by atoms with Gasteiger partial charge in [0.2, 0.25) is 0 Å². The molecular weight excluding hydrogens is 264 g/mol. The number of carbonyl (C=O) groups is 1. The number of ether oxygens (including phenoxy) is 1. The number of pyridine rings is 1. The molecule has 1 aliphatic heterocycles. The van der Waals surface area contributed by atoms with Crippen LogP contribution in [0.4, 0.5) is 0 Å². The summed E-state index contributed by atoms with van der Waals surface area (Å²) < 4.78 is 5.38. The summed E-state index contributed by atoms with van der Waals surface area (Å²) in [5, 5.41) is 31.5. The number of nitrogens with zero attached hydrogens (tertiary/aromatic N) is 1. The van der Waals surface area contributed by atoms with E-state index in [1.807, 2.05) is 0 Å². The van der Waals surface area contributed by atoms with Crippen molar-refractivity contribution in [2.24, 2.45) is 0 Å².